The molecule has 0 unspecified atom stereocenters. The minimum atomic E-state index is 0.762. The maximum Gasteiger partial charge on any atom is 0.127 e. The fraction of sp³-hybridized carbons (Fsp3) is 0.167. The quantitative estimate of drug-likeness (QED) is 0.876. The third kappa shape index (κ3) is 2.79. The number of hydrogen-bond acceptors (Lipinski definition) is 3. The van der Waals surface area contributed by atoms with Gasteiger partial charge in [-0.2, -0.15) is 0 Å². The Morgan fingerprint density at radius 1 is 1.31 bits per heavy atom. The molecule has 1 N–H and O–H groups in total. The van der Waals surface area contributed by atoms with Crippen molar-refractivity contribution in [3.63, 3.8) is 0 Å². The summed E-state index contributed by atoms with van der Waals surface area (Å²) >= 11 is 3.34. The van der Waals surface area contributed by atoms with Crippen LogP contribution < -0.4 is 5.32 Å². The van der Waals surface area contributed by atoms with E-state index in [1.165, 1.54) is 11.1 Å². The maximum absolute atomic E-state index is 4.31. The molecule has 0 amide bonds. The lowest BCUT2D eigenvalue weighted by atomic mass is 10.1. The lowest BCUT2D eigenvalue weighted by molar-refractivity contribution is 1.07. The van der Waals surface area contributed by atoms with Gasteiger partial charge >= 0.3 is 0 Å². The summed E-state index contributed by atoms with van der Waals surface area (Å²) in [6, 6.07) is 7.82. The van der Waals surface area contributed by atoms with E-state index in [0.717, 1.165) is 17.0 Å². The molecule has 82 valence electrons. The van der Waals surface area contributed by atoms with Gasteiger partial charge in [0.2, 0.25) is 0 Å². The van der Waals surface area contributed by atoms with E-state index >= 15 is 0 Å². The first-order chi connectivity index (χ1) is 7.75. The number of aromatic nitrogens is 2. The lowest BCUT2D eigenvalue weighted by Gasteiger charge is -2.07. The molecule has 0 aromatic carbocycles. The molecule has 2 rings (SSSR count). The fourth-order valence-electron chi connectivity index (χ4n) is 1.39. The van der Waals surface area contributed by atoms with E-state index in [-0.39, 0.29) is 0 Å². The van der Waals surface area contributed by atoms with E-state index in [1.807, 2.05) is 30.5 Å². The van der Waals surface area contributed by atoms with Crippen LogP contribution in [0.4, 0.5) is 5.82 Å². The Morgan fingerprint density at radius 2 is 2.19 bits per heavy atom. The Kier molecular flexibility index (Phi) is 3.51. The Morgan fingerprint density at radius 3 is 2.94 bits per heavy atom. The summed E-state index contributed by atoms with van der Waals surface area (Å²) in [6.07, 6.45) is 3.67. The summed E-state index contributed by atoms with van der Waals surface area (Å²) in [4.78, 5) is 8.37. The van der Waals surface area contributed by atoms with Gasteiger partial charge in [-0.15, -0.1) is 0 Å². The zero-order chi connectivity index (χ0) is 11.4. The minimum Gasteiger partial charge on any atom is -0.366 e. The molecule has 2 aromatic rings. The highest BCUT2D eigenvalue weighted by atomic mass is 79.9. The fourth-order valence-corrected chi connectivity index (χ4v) is 1.74. The second kappa shape index (κ2) is 5.07. The van der Waals surface area contributed by atoms with Crippen LogP contribution in [0.3, 0.4) is 0 Å². The molecular weight excluding hydrogens is 266 g/mol. The SMILES string of the molecule is Cc1cnccc1CNc1cccc(Br)n1. The molecule has 0 aliphatic rings. The molecule has 2 heterocycles. The number of pyridine rings is 2. The predicted molar refractivity (Wildman–Crippen MR) is 68.2 cm³/mol. The smallest absolute Gasteiger partial charge is 0.127 e. The first kappa shape index (κ1) is 11.1. The number of hydrogen-bond donors (Lipinski definition) is 1. The average Bonchev–Trinajstić information content (AvgIpc) is 2.28. The van der Waals surface area contributed by atoms with E-state index in [9.17, 15) is 0 Å². The van der Waals surface area contributed by atoms with E-state index in [1.54, 1.807) is 6.20 Å². The van der Waals surface area contributed by atoms with Crippen molar-refractivity contribution >= 4 is 21.7 Å². The second-order valence-corrected chi connectivity index (χ2v) is 4.31. The molecule has 0 bridgehead atoms. The number of rotatable bonds is 3. The third-order valence-corrected chi connectivity index (χ3v) is 2.75. The summed E-state index contributed by atoms with van der Waals surface area (Å²) in [6.45, 7) is 2.82. The topological polar surface area (TPSA) is 37.8 Å². The van der Waals surface area contributed by atoms with Gasteiger partial charge in [0.25, 0.3) is 0 Å². The second-order valence-electron chi connectivity index (χ2n) is 3.50. The van der Waals surface area contributed by atoms with Gasteiger partial charge in [-0.05, 0) is 52.2 Å². The normalized spacial score (nSPS) is 10.1. The molecule has 0 spiro atoms. The van der Waals surface area contributed by atoms with Crippen molar-refractivity contribution in [2.75, 3.05) is 5.32 Å². The highest BCUT2D eigenvalue weighted by molar-refractivity contribution is 9.10. The third-order valence-electron chi connectivity index (χ3n) is 2.31. The van der Waals surface area contributed by atoms with Gasteiger partial charge in [-0.3, -0.25) is 4.98 Å². The average molecular weight is 278 g/mol. The van der Waals surface area contributed by atoms with Gasteiger partial charge < -0.3 is 5.32 Å². The lowest BCUT2D eigenvalue weighted by Crippen LogP contribution is -2.03. The van der Waals surface area contributed by atoms with Crippen LogP contribution in [-0.4, -0.2) is 9.97 Å². The van der Waals surface area contributed by atoms with E-state index in [2.05, 4.69) is 38.1 Å². The van der Waals surface area contributed by atoms with Gasteiger partial charge in [0, 0.05) is 18.9 Å². The molecule has 2 aromatic heterocycles. The number of nitrogens with one attached hydrogen (secondary N) is 1. The first-order valence-corrected chi connectivity index (χ1v) is 5.81. The molecule has 0 radical (unpaired) electrons. The molecule has 0 aliphatic heterocycles. The van der Waals surface area contributed by atoms with Crippen LogP contribution in [0, 0.1) is 6.92 Å². The zero-order valence-electron chi connectivity index (χ0n) is 8.94. The minimum absolute atomic E-state index is 0.762. The number of nitrogens with zero attached hydrogens (tertiary/aromatic N) is 2. The van der Waals surface area contributed by atoms with Crippen molar-refractivity contribution in [1.29, 1.82) is 0 Å². The van der Waals surface area contributed by atoms with Crippen LogP contribution in [0.25, 0.3) is 0 Å². The molecule has 4 heteroatoms. The maximum atomic E-state index is 4.31. The Balaban J connectivity index is 2.05. The van der Waals surface area contributed by atoms with Gasteiger partial charge in [-0.1, -0.05) is 6.07 Å². The highest BCUT2D eigenvalue weighted by Gasteiger charge is 1.98. The van der Waals surface area contributed by atoms with Crippen molar-refractivity contribution in [3.05, 3.63) is 52.4 Å². The Hall–Kier alpha value is -1.42. The molecule has 0 fully saturated rings. The molecule has 0 saturated carbocycles. The number of halogens is 1. The Bertz CT molecular complexity index is 485. The van der Waals surface area contributed by atoms with Crippen LogP contribution >= 0.6 is 15.9 Å². The van der Waals surface area contributed by atoms with Crippen molar-refractivity contribution in [3.8, 4) is 0 Å². The Labute approximate surface area is 103 Å². The van der Waals surface area contributed by atoms with E-state index in [0.29, 0.717) is 0 Å². The highest BCUT2D eigenvalue weighted by Crippen LogP contribution is 2.12. The molecule has 0 aliphatic carbocycles. The van der Waals surface area contributed by atoms with Crippen LogP contribution in [-0.2, 0) is 6.54 Å². The van der Waals surface area contributed by atoms with Crippen molar-refractivity contribution < 1.29 is 0 Å². The standard InChI is InChI=1S/C12H12BrN3/c1-9-7-14-6-5-10(9)8-15-12-4-2-3-11(13)16-12/h2-7H,8H2,1H3,(H,15,16). The number of aryl methyl sites for hydroxylation is 1. The zero-order valence-corrected chi connectivity index (χ0v) is 10.5. The molecule has 0 atom stereocenters. The largest absolute Gasteiger partial charge is 0.366 e. The first-order valence-electron chi connectivity index (χ1n) is 5.01. The van der Waals surface area contributed by atoms with Crippen LogP contribution in [0.2, 0.25) is 0 Å². The van der Waals surface area contributed by atoms with Crippen molar-refractivity contribution in [2.24, 2.45) is 0 Å². The van der Waals surface area contributed by atoms with Crippen molar-refractivity contribution in [2.45, 2.75) is 13.5 Å². The summed E-state index contributed by atoms with van der Waals surface area (Å²) < 4.78 is 0.837. The van der Waals surface area contributed by atoms with Gasteiger partial charge in [0.1, 0.15) is 10.4 Å². The van der Waals surface area contributed by atoms with Crippen molar-refractivity contribution in [1.82, 2.24) is 9.97 Å². The summed E-state index contributed by atoms with van der Waals surface area (Å²) in [7, 11) is 0. The molecule has 3 nitrogen and oxygen atoms in total. The van der Waals surface area contributed by atoms with Gasteiger partial charge in [0.15, 0.2) is 0 Å². The molecule has 0 saturated heterocycles. The van der Waals surface area contributed by atoms with E-state index < -0.39 is 0 Å². The van der Waals surface area contributed by atoms with Crippen LogP contribution in [0.5, 0.6) is 0 Å². The summed E-state index contributed by atoms with van der Waals surface area (Å²) in [5.41, 5.74) is 2.42. The van der Waals surface area contributed by atoms with Gasteiger partial charge in [-0.25, -0.2) is 4.98 Å². The predicted octanol–water partition coefficient (Wildman–Crippen LogP) is 3.16. The van der Waals surface area contributed by atoms with Crippen LogP contribution in [0.1, 0.15) is 11.1 Å². The van der Waals surface area contributed by atoms with Crippen LogP contribution in [0.15, 0.2) is 41.3 Å². The summed E-state index contributed by atoms with van der Waals surface area (Å²) in [5, 5.41) is 3.27. The van der Waals surface area contributed by atoms with E-state index in [4.69, 9.17) is 0 Å². The monoisotopic (exact) mass is 277 g/mol. The summed E-state index contributed by atoms with van der Waals surface area (Å²) in [5.74, 6) is 0.866. The van der Waals surface area contributed by atoms with Gasteiger partial charge in [0.05, 0.1) is 0 Å². The molecule has 16 heavy (non-hydrogen) atoms. The molecular formula is C12H12BrN3. The number of anilines is 1.